The van der Waals surface area contributed by atoms with Gasteiger partial charge < -0.3 is 9.47 Å². The lowest BCUT2D eigenvalue weighted by atomic mass is 9.85. The van der Waals surface area contributed by atoms with Crippen LogP contribution in [0.1, 0.15) is 39.0 Å². The molecule has 0 aromatic heterocycles. The molecule has 0 aromatic carbocycles. The fraction of sp³-hybridized carbons (Fsp3) is 1.00. The Balaban J connectivity index is 1.42. The maximum atomic E-state index is 5.77. The molecule has 2 saturated heterocycles. The molecule has 3 fully saturated rings. The van der Waals surface area contributed by atoms with E-state index in [1.165, 1.54) is 58.3 Å². The van der Waals surface area contributed by atoms with Gasteiger partial charge in [-0.05, 0) is 32.1 Å². The summed E-state index contributed by atoms with van der Waals surface area (Å²) in [6.07, 6.45) is 6.87. The van der Waals surface area contributed by atoms with E-state index >= 15 is 0 Å². The minimum absolute atomic E-state index is 0.425. The first-order valence-corrected chi connectivity index (χ1v) is 8.49. The highest BCUT2D eigenvalue weighted by molar-refractivity contribution is 4.93. The molecular formula is C16H30N2O2. The Kier molecular flexibility index (Phi) is 4.97. The SMILES string of the molecule is CCC1(N2CCN(CCOC3CC3)CC2)CCOCC1. The second-order valence-electron chi connectivity index (χ2n) is 6.59. The van der Waals surface area contributed by atoms with Gasteiger partial charge in [0, 0.05) is 51.5 Å². The van der Waals surface area contributed by atoms with Gasteiger partial charge >= 0.3 is 0 Å². The zero-order chi connectivity index (χ0) is 13.8. The van der Waals surface area contributed by atoms with Crippen LogP contribution in [0.3, 0.4) is 0 Å². The number of hydrogen-bond acceptors (Lipinski definition) is 4. The predicted molar refractivity (Wildman–Crippen MR) is 80.1 cm³/mol. The molecule has 0 aromatic rings. The second-order valence-corrected chi connectivity index (χ2v) is 6.59. The fourth-order valence-electron chi connectivity index (χ4n) is 3.67. The van der Waals surface area contributed by atoms with Gasteiger partial charge in [0.05, 0.1) is 12.7 Å². The monoisotopic (exact) mass is 282 g/mol. The molecule has 0 bridgehead atoms. The van der Waals surface area contributed by atoms with Crippen molar-refractivity contribution in [3.8, 4) is 0 Å². The van der Waals surface area contributed by atoms with Gasteiger partial charge in [-0.15, -0.1) is 0 Å². The quantitative estimate of drug-likeness (QED) is 0.741. The van der Waals surface area contributed by atoms with Crippen molar-refractivity contribution in [2.75, 3.05) is 52.5 Å². The summed E-state index contributed by atoms with van der Waals surface area (Å²) >= 11 is 0. The highest BCUT2D eigenvalue weighted by Crippen LogP contribution is 2.32. The lowest BCUT2D eigenvalue weighted by Crippen LogP contribution is -2.59. The molecule has 0 unspecified atom stereocenters. The zero-order valence-corrected chi connectivity index (χ0v) is 13.0. The van der Waals surface area contributed by atoms with E-state index in [1.54, 1.807) is 0 Å². The summed E-state index contributed by atoms with van der Waals surface area (Å²) in [5.41, 5.74) is 0.425. The van der Waals surface area contributed by atoms with Crippen molar-refractivity contribution in [1.29, 1.82) is 0 Å². The van der Waals surface area contributed by atoms with Gasteiger partial charge in [-0.1, -0.05) is 6.92 Å². The van der Waals surface area contributed by atoms with Crippen molar-refractivity contribution in [1.82, 2.24) is 9.80 Å². The van der Waals surface area contributed by atoms with Crippen LogP contribution in [0.15, 0.2) is 0 Å². The first-order valence-electron chi connectivity index (χ1n) is 8.49. The predicted octanol–water partition coefficient (Wildman–Crippen LogP) is 1.74. The molecule has 116 valence electrons. The molecule has 1 aliphatic carbocycles. The smallest absolute Gasteiger partial charge is 0.0597 e. The Hall–Kier alpha value is -0.160. The maximum absolute atomic E-state index is 5.77. The van der Waals surface area contributed by atoms with Crippen molar-refractivity contribution in [2.24, 2.45) is 0 Å². The summed E-state index contributed by atoms with van der Waals surface area (Å²) in [6, 6.07) is 0. The van der Waals surface area contributed by atoms with Crippen LogP contribution < -0.4 is 0 Å². The van der Waals surface area contributed by atoms with Crippen LogP contribution in [0, 0.1) is 0 Å². The van der Waals surface area contributed by atoms with Crippen molar-refractivity contribution in [3.63, 3.8) is 0 Å². The molecule has 2 aliphatic heterocycles. The first kappa shape index (κ1) is 14.8. The third kappa shape index (κ3) is 3.53. The highest BCUT2D eigenvalue weighted by Gasteiger charge is 2.38. The summed E-state index contributed by atoms with van der Waals surface area (Å²) in [5.74, 6) is 0. The van der Waals surface area contributed by atoms with E-state index in [2.05, 4.69) is 16.7 Å². The summed E-state index contributed by atoms with van der Waals surface area (Å²) in [5, 5.41) is 0. The molecule has 4 nitrogen and oxygen atoms in total. The van der Waals surface area contributed by atoms with Crippen LogP contribution in [0.4, 0.5) is 0 Å². The minimum Gasteiger partial charge on any atom is -0.381 e. The number of ether oxygens (including phenoxy) is 2. The van der Waals surface area contributed by atoms with Gasteiger partial charge in [-0.3, -0.25) is 9.80 Å². The molecule has 0 spiro atoms. The summed E-state index contributed by atoms with van der Waals surface area (Å²) < 4.78 is 11.3. The van der Waals surface area contributed by atoms with E-state index in [-0.39, 0.29) is 0 Å². The molecular weight excluding hydrogens is 252 g/mol. The molecule has 0 radical (unpaired) electrons. The van der Waals surface area contributed by atoms with Crippen LogP contribution >= 0.6 is 0 Å². The van der Waals surface area contributed by atoms with Gasteiger partial charge in [0.15, 0.2) is 0 Å². The van der Waals surface area contributed by atoms with E-state index in [4.69, 9.17) is 9.47 Å². The lowest BCUT2D eigenvalue weighted by molar-refractivity contribution is -0.0514. The molecule has 0 atom stereocenters. The van der Waals surface area contributed by atoms with E-state index in [0.29, 0.717) is 11.6 Å². The molecule has 4 heteroatoms. The standard InChI is InChI=1S/C16H30N2O2/c1-2-16(5-12-19-13-6-16)18-9-7-17(8-10-18)11-14-20-15-3-4-15/h15H,2-14H2,1H3. The summed E-state index contributed by atoms with van der Waals surface area (Å²) in [6.45, 7) is 11.1. The van der Waals surface area contributed by atoms with E-state index < -0.39 is 0 Å². The van der Waals surface area contributed by atoms with Gasteiger partial charge in [-0.25, -0.2) is 0 Å². The van der Waals surface area contributed by atoms with Gasteiger partial charge in [-0.2, -0.15) is 0 Å². The van der Waals surface area contributed by atoms with Crippen molar-refractivity contribution >= 4 is 0 Å². The van der Waals surface area contributed by atoms with Crippen LogP contribution in [0.25, 0.3) is 0 Å². The normalized spacial score (nSPS) is 28.6. The second kappa shape index (κ2) is 6.73. The van der Waals surface area contributed by atoms with Crippen LogP contribution in [0.2, 0.25) is 0 Å². The fourth-order valence-corrected chi connectivity index (χ4v) is 3.67. The van der Waals surface area contributed by atoms with E-state index in [0.717, 1.165) is 26.4 Å². The van der Waals surface area contributed by atoms with Crippen LogP contribution in [-0.4, -0.2) is 74.0 Å². The Labute approximate surface area is 123 Å². The summed E-state index contributed by atoms with van der Waals surface area (Å²) in [4.78, 5) is 5.31. The largest absolute Gasteiger partial charge is 0.381 e. The van der Waals surface area contributed by atoms with Crippen molar-refractivity contribution < 1.29 is 9.47 Å². The third-order valence-corrected chi connectivity index (χ3v) is 5.41. The molecule has 0 N–H and O–H groups in total. The van der Waals surface area contributed by atoms with Gasteiger partial charge in [0.25, 0.3) is 0 Å². The molecule has 1 saturated carbocycles. The Morgan fingerprint density at radius 1 is 1.10 bits per heavy atom. The molecule has 20 heavy (non-hydrogen) atoms. The Bertz CT molecular complexity index is 293. The number of piperazine rings is 1. The molecule has 3 rings (SSSR count). The maximum Gasteiger partial charge on any atom is 0.0597 e. The summed E-state index contributed by atoms with van der Waals surface area (Å²) in [7, 11) is 0. The Morgan fingerprint density at radius 3 is 2.40 bits per heavy atom. The average Bonchev–Trinajstić information content (AvgIpc) is 3.33. The Morgan fingerprint density at radius 2 is 1.80 bits per heavy atom. The number of nitrogens with zero attached hydrogens (tertiary/aromatic N) is 2. The molecule has 0 amide bonds. The minimum atomic E-state index is 0.425. The van der Waals surface area contributed by atoms with Crippen LogP contribution in [-0.2, 0) is 9.47 Å². The van der Waals surface area contributed by atoms with E-state index in [1.807, 2.05) is 0 Å². The third-order valence-electron chi connectivity index (χ3n) is 5.41. The van der Waals surface area contributed by atoms with Crippen molar-refractivity contribution in [2.45, 2.75) is 50.7 Å². The zero-order valence-electron chi connectivity index (χ0n) is 13.0. The number of hydrogen-bond donors (Lipinski definition) is 0. The molecule has 2 heterocycles. The number of rotatable bonds is 6. The van der Waals surface area contributed by atoms with Crippen LogP contribution in [0.5, 0.6) is 0 Å². The van der Waals surface area contributed by atoms with E-state index in [9.17, 15) is 0 Å². The van der Waals surface area contributed by atoms with Gasteiger partial charge in [0.1, 0.15) is 0 Å². The first-order chi connectivity index (χ1) is 9.82. The lowest BCUT2D eigenvalue weighted by Gasteiger charge is -2.49. The highest BCUT2D eigenvalue weighted by atomic mass is 16.5. The average molecular weight is 282 g/mol. The van der Waals surface area contributed by atoms with Crippen molar-refractivity contribution in [3.05, 3.63) is 0 Å². The van der Waals surface area contributed by atoms with Gasteiger partial charge in [0.2, 0.25) is 0 Å². The topological polar surface area (TPSA) is 24.9 Å². The molecule has 3 aliphatic rings.